The van der Waals surface area contributed by atoms with Gasteiger partial charge in [0.25, 0.3) is 5.91 Å². The van der Waals surface area contributed by atoms with Crippen LogP contribution in [0, 0.1) is 13.8 Å². The maximum atomic E-state index is 12.4. The van der Waals surface area contributed by atoms with Gasteiger partial charge >= 0.3 is 0 Å². The van der Waals surface area contributed by atoms with Crippen molar-refractivity contribution in [1.82, 2.24) is 9.78 Å². The van der Waals surface area contributed by atoms with Crippen LogP contribution < -0.4 is 4.74 Å². The monoisotopic (exact) mass is 258 g/mol. The first-order chi connectivity index (χ1) is 9.11. The van der Waals surface area contributed by atoms with Gasteiger partial charge in [0.2, 0.25) is 0 Å². The number of carbonyl (C=O) groups is 1. The lowest BCUT2D eigenvalue weighted by atomic mass is 10.2. The van der Waals surface area contributed by atoms with E-state index in [0.29, 0.717) is 12.2 Å². The predicted molar refractivity (Wildman–Crippen MR) is 73.5 cm³/mol. The summed E-state index contributed by atoms with van der Waals surface area (Å²) >= 11 is 0. The van der Waals surface area contributed by atoms with Gasteiger partial charge in [0.15, 0.2) is 6.10 Å². The highest BCUT2D eigenvalue weighted by molar-refractivity contribution is 5.83. The van der Waals surface area contributed by atoms with Crippen LogP contribution in [0.4, 0.5) is 0 Å². The van der Waals surface area contributed by atoms with Crippen molar-refractivity contribution in [3.05, 3.63) is 47.8 Å². The summed E-state index contributed by atoms with van der Waals surface area (Å²) in [5, 5.41) is 4.21. The molecule has 0 aliphatic carbocycles. The molecule has 0 saturated heterocycles. The lowest BCUT2D eigenvalue weighted by Gasteiger charge is -2.16. The Morgan fingerprint density at radius 2 is 2.00 bits per heavy atom. The zero-order chi connectivity index (χ0) is 13.8. The van der Waals surface area contributed by atoms with Gasteiger partial charge in [-0.1, -0.05) is 25.1 Å². The fourth-order valence-corrected chi connectivity index (χ4v) is 1.96. The highest BCUT2D eigenvalue weighted by Crippen LogP contribution is 2.14. The molecule has 1 heterocycles. The minimum Gasteiger partial charge on any atom is -0.481 e. The second-order valence-corrected chi connectivity index (χ2v) is 4.50. The Bertz CT molecular complexity index is 561. The third-order valence-corrected chi connectivity index (χ3v) is 2.89. The van der Waals surface area contributed by atoms with E-state index in [-0.39, 0.29) is 5.91 Å². The third kappa shape index (κ3) is 3.02. The molecule has 19 heavy (non-hydrogen) atoms. The molecule has 0 saturated carbocycles. The van der Waals surface area contributed by atoms with Crippen LogP contribution in [0.15, 0.2) is 36.4 Å². The molecular formula is C15H18N2O2. The van der Waals surface area contributed by atoms with Gasteiger partial charge < -0.3 is 4.74 Å². The first kappa shape index (κ1) is 13.3. The molecule has 0 unspecified atom stereocenters. The number of ether oxygens (including phenoxy) is 1. The van der Waals surface area contributed by atoms with Crippen LogP contribution in [0.3, 0.4) is 0 Å². The van der Waals surface area contributed by atoms with E-state index in [1.165, 1.54) is 4.68 Å². The molecule has 0 amide bonds. The number of para-hydroxylation sites is 1. The molecular weight excluding hydrogens is 240 g/mol. The zero-order valence-corrected chi connectivity index (χ0v) is 11.5. The van der Waals surface area contributed by atoms with Gasteiger partial charge in [-0.2, -0.15) is 5.10 Å². The molecule has 0 fully saturated rings. The Hall–Kier alpha value is -2.10. The summed E-state index contributed by atoms with van der Waals surface area (Å²) in [6, 6.07) is 11.3. The van der Waals surface area contributed by atoms with Gasteiger partial charge in [-0.25, -0.2) is 4.68 Å². The Kier molecular flexibility index (Phi) is 4.00. The third-order valence-electron chi connectivity index (χ3n) is 2.89. The average Bonchev–Trinajstić information content (AvgIpc) is 2.75. The van der Waals surface area contributed by atoms with Gasteiger partial charge in [0.1, 0.15) is 5.75 Å². The molecule has 4 heteroatoms. The first-order valence-corrected chi connectivity index (χ1v) is 6.41. The van der Waals surface area contributed by atoms with Gasteiger partial charge in [0.05, 0.1) is 5.69 Å². The Morgan fingerprint density at radius 1 is 1.32 bits per heavy atom. The maximum absolute atomic E-state index is 12.4. The van der Waals surface area contributed by atoms with Crippen LogP contribution in [0.25, 0.3) is 0 Å². The maximum Gasteiger partial charge on any atom is 0.288 e. The standard InChI is InChI=1S/C15H18N2O2/c1-4-14(19-13-8-6-5-7-9-13)15(18)17-12(3)10-11(2)16-17/h5-10,14H,4H2,1-3H3/t14-/m1/s1. The summed E-state index contributed by atoms with van der Waals surface area (Å²) in [5.74, 6) is 0.571. The topological polar surface area (TPSA) is 44.1 Å². The smallest absolute Gasteiger partial charge is 0.288 e. The summed E-state index contributed by atoms with van der Waals surface area (Å²) in [5.41, 5.74) is 1.66. The molecule has 2 rings (SSSR count). The van der Waals surface area contributed by atoms with E-state index in [1.54, 1.807) is 0 Å². The largest absolute Gasteiger partial charge is 0.481 e. The second-order valence-electron chi connectivity index (χ2n) is 4.50. The van der Waals surface area contributed by atoms with Crippen molar-refractivity contribution in [3.8, 4) is 5.75 Å². The zero-order valence-electron chi connectivity index (χ0n) is 11.5. The van der Waals surface area contributed by atoms with Gasteiger partial charge in [0, 0.05) is 5.69 Å². The quantitative estimate of drug-likeness (QED) is 0.846. The number of nitrogens with zero attached hydrogens (tertiary/aromatic N) is 2. The SMILES string of the molecule is CC[C@@H](Oc1ccccc1)C(=O)n1nc(C)cc1C. The molecule has 0 radical (unpaired) electrons. The van der Waals surface area contributed by atoms with Crippen molar-refractivity contribution >= 4 is 5.91 Å². The highest BCUT2D eigenvalue weighted by Gasteiger charge is 2.22. The van der Waals surface area contributed by atoms with Crippen molar-refractivity contribution in [3.63, 3.8) is 0 Å². The van der Waals surface area contributed by atoms with Crippen LogP contribution >= 0.6 is 0 Å². The Labute approximate surface area is 113 Å². The summed E-state index contributed by atoms with van der Waals surface area (Å²) in [6.45, 7) is 5.67. The van der Waals surface area contributed by atoms with Crippen LogP contribution in [-0.2, 0) is 0 Å². The van der Waals surface area contributed by atoms with E-state index in [2.05, 4.69) is 5.10 Å². The minimum absolute atomic E-state index is 0.128. The Balaban J connectivity index is 2.18. The molecule has 1 aromatic carbocycles. The molecule has 0 bridgehead atoms. The van der Waals surface area contributed by atoms with Crippen molar-refractivity contribution in [2.45, 2.75) is 33.3 Å². The van der Waals surface area contributed by atoms with E-state index < -0.39 is 6.10 Å². The number of hydrogen-bond donors (Lipinski definition) is 0. The Morgan fingerprint density at radius 3 is 2.53 bits per heavy atom. The van der Waals surface area contributed by atoms with Gasteiger partial charge in [-0.05, 0) is 38.5 Å². The lowest BCUT2D eigenvalue weighted by molar-refractivity contribution is 0.0674. The summed E-state index contributed by atoms with van der Waals surface area (Å²) in [6.07, 6.45) is 0.0897. The van der Waals surface area contributed by atoms with Crippen molar-refractivity contribution < 1.29 is 9.53 Å². The highest BCUT2D eigenvalue weighted by atomic mass is 16.5. The fraction of sp³-hybridized carbons (Fsp3) is 0.333. The van der Waals surface area contributed by atoms with Crippen molar-refractivity contribution in [2.24, 2.45) is 0 Å². The number of aryl methyl sites for hydroxylation is 2. The predicted octanol–water partition coefficient (Wildman–Crippen LogP) is 3.00. The van der Waals surface area contributed by atoms with Crippen LogP contribution in [0.5, 0.6) is 5.75 Å². The number of carbonyl (C=O) groups excluding carboxylic acids is 1. The van der Waals surface area contributed by atoms with Crippen LogP contribution in [0.2, 0.25) is 0 Å². The van der Waals surface area contributed by atoms with E-state index in [0.717, 1.165) is 11.4 Å². The average molecular weight is 258 g/mol. The lowest BCUT2D eigenvalue weighted by Crippen LogP contribution is -2.32. The number of hydrogen-bond acceptors (Lipinski definition) is 3. The van der Waals surface area contributed by atoms with E-state index >= 15 is 0 Å². The van der Waals surface area contributed by atoms with E-state index in [1.807, 2.05) is 57.2 Å². The van der Waals surface area contributed by atoms with Crippen LogP contribution in [-0.4, -0.2) is 21.8 Å². The summed E-state index contributed by atoms with van der Waals surface area (Å²) < 4.78 is 7.16. The minimum atomic E-state index is -0.514. The van der Waals surface area contributed by atoms with Gasteiger partial charge in [-0.15, -0.1) is 0 Å². The summed E-state index contributed by atoms with van der Waals surface area (Å²) in [7, 11) is 0. The fourth-order valence-electron chi connectivity index (χ4n) is 1.96. The first-order valence-electron chi connectivity index (χ1n) is 6.41. The number of benzene rings is 1. The van der Waals surface area contributed by atoms with Crippen molar-refractivity contribution in [1.29, 1.82) is 0 Å². The van der Waals surface area contributed by atoms with Crippen molar-refractivity contribution in [2.75, 3.05) is 0 Å². The number of aromatic nitrogens is 2. The number of rotatable bonds is 4. The molecule has 0 spiro atoms. The molecule has 100 valence electrons. The molecule has 2 aromatic rings. The van der Waals surface area contributed by atoms with E-state index in [4.69, 9.17) is 4.74 Å². The molecule has 0 N–H and O–H groups in total. The molecule has 1 aromatic heterocycles. The molecule has 1 atom stereocenters. The van der Waals surface area contributed by atoms with E-state index in [9.17, 15) is 4.79 Å². The normalized spacial score (nSPS) is 12.2. The molecule has 0 aliphatic heterocycles. The summed E-state index contributed by atoms with van der Waals surface area (Å²) in [4.78, 5) is 12.4. The second kappa shape index (κ2) is 5.69. The van der Waals surface area contributed by atoms with Gasteiger partial charge in [-0.3, -0.25) is 4.79 Å². The van der Waals surface area contributed by atoms with Crippen LogP contribution in [0.1, 0.15) is 29.5 Å². The molecule has 4 nitrogen and oxygen atoms in total. The molecule has 0 aliphatic rings.